The van der Waals surface area contributed by atoms with Gasteiger partial charge in [-0.3, -0.25) is 0 Å². The number of nitrogens with zero attached hydrogens (tertiary/aromatic N) is 2. The molecule has 0 saturated heterocycles. The molecule has 0 N–H and O–H groups in total. The van der Waals surface area contributed by atoms with Crippen LogP contribution in [0.3, 0.4) is 0 Å². The van der Waals surface area contributed by atoms with Crippen molar-refractivity contribution in [1.82, 2.24) is 9.97 Å². The van der Waals surface area contributed by atoms with Crippen molar-refractivity contribution < 1.29 is 0 Å². The van der Waals surface area contributed by atoms with Gasteiger partial charge in [-0.2, -0.15) is 0 Å². The zero-order valence-electron chi connectivity index (χ0n) is 9.56. The Kier molecular flexibility index (Phi) is 4.35. The van der Waals surface area contributed by atoms with E-state index in [0.717, 1.165) is 27.9 Å². The smallest absolute Gasteiger partial charge is 0.146 e. The van der Waals surface area contributed by atoms with Gasteiger partial charge in [0.15, 0.2) is 0 Å². The molecule has 1 aromatic rings. The van der Waals surface area contributed by atoms with Gasteiger partial charge in [0.1, 0.15) is 11.0 Å². The quantitative estimate of drug-likeness (QED) is 0.604. The van der Waals surface area contributed by atoms with Gasteiger partial charge in [0, 0.05) is 6.42 Å². The second kappa shape index (κ2) is 4.95. The van der Waals surface area contributed by atoms with Crippen molar-refractivity contribution in [2.75, 3.05) is 0 Å². The van der Waals surface area contributed by atoms with Crippen LogP contribution in [0.15, 0.2) is 0 Å². The minimum absolute atomic E-state index is 0.196. The maximum absolute atomic E-state index is 6.07. The summed E-state index contributed by atoms with van der Waals surface area (Å²) in [6.07, 6.45) is 1.76. The van der Waals surface area contributed by atoms with Crippen LogP contribution >= 0.6 is 34.2 Å². The average Bonchev–Trinajstić information content (AvgIpc) is 2.08. The van der Waals surface area contributed by atoms with E-state index in [1.807, 2.05) is 0 Å². The molecule has 0 amide bonds. The van der Waals surface area contributed by atoms with Gasteiger partial charge in [-0.25, -0.2) is 9.97 Å². The van der Waals surface area contributed by atoms with Crippen LogP contribution < -0.4 is 0 Å². The molecule has 1 rings (SSSR count). The highest BCUT2D eigenvalue weighted by Gasteiger charge is 2.16. The fraction of sp³-hybridized carbons (Fsp3) is 0.636. The minimum Gasteiger partial charge on any atom is -0.237 e. The van der Waals surface area contributed by atoms with E-state index >= 15 is 0 Å². The topological polar surface area (TPSA) is 25.8 Å². The molecule has 4 heteroatoms. The Morgan fingerprint density at radius 2 is 1.87 bits per heavy atom. The molecular formula is C11H16ClIN2. The monoisotopic (exact) mass is 338 g/mol. The molecule has 0 aliphatic heterocycles. The van der Waals surface area contributed by atoms with Crippen LogP contribution in [0.5, 0.6) is 0 Å². The number of hydrogen-bond donors (Lipinski definition) is 0. The first-order valence-electron chi connectivity index (χ1n) is 5.04. The summed E-state index contributed by atoms with van der Waals surface area (Å²) in [5, 5.41) is 0.585. The van der Waals surface area contributed by atoms with Crippen LogP contribution in [-0.2, 0) is 12.8 Å². The molecule has 15 heavy (non-hydrogen) atoms. The Balaban J connectivity index is 3.06. The van der Waals surface area contributed by atoms with Crippen molar-refractivity contribution in [2.24, 2.45) is 5.41 Å². The summed E-state index contributed by atoms with van der Waals surface area (Å²) >= 11 is 8.27. The van der Waals surface area contributed by atoms with E-state index in [-0.39, 0.29) is 5.41 Å². The normalized spacial score (nSPS) is 11.9. The van der Waals surface area contributed by atoms with Crippen LogP contribution in [0.2, 0.25) is 5.15 Å². The average molecular weight is 339 g/mol. The lowest BCUT2D eigenvalue weighted by Crippen LogP contribution is -2.13. The van der Waals surface area contributed by atoms with Gasteiger partial charge in [-0.1, -0.05) is 39.3 Å². The predicted molar refractivity (Wildman–Crippen MR) is 72.3 cm³/mol. The fourth-order valence-electron chi connectivity index (χ4n) is 1.30. The van der Waals surface area contributed by atoms with E-state index in [0.29, 0.717) is 5.15 Å². The van der Waals surface area contributed by atoms with E-state index < -0.39 is 0 Å². The summed E-state index contributed by atoms with van der Waals surface area (Å²) in [4.78, 5) is 8.85. The van der Waals surface area contributed by atoms with Gasteiger partial charge < -0.3 is 0 Å². The van der Waals surface area contributed by atoms with Crippen LogP contribution in [0, 0.1) is 8.99 Å². The molecule has 0 spiro atoms. The molecule has 0 fully saturated rings. The second-order valence-electron chi connectivity index (χ2n) is 4.78. The van der Waals surface area contributed by atoms with Crippen molar-refractivity contribution in [3.05, 3.63) is 20.2 Å². The van der Waals surface area contributed by atoms with Crippen LogP contribution in [-0.4, -0.2) is 9.97 Å². The van der Waals surface area contributed by atoms with Gasteiger partial charge >= 0.3 is 0 Å². The molecule has 0 saturated carbocycles. The van der Waals surface area contributed by atoms with Gasteiger partial charge in [-0.15, -0.1) is 0 Å². The van der Waals surface area contributed by atoms with Crippen molar-refractivity contribution in [3.63, 3.8) is 0 Å². The first-order valence-corrected chi connectivity index (χ1v) is 6.50. The van der Waals surface area contributed by atoms with E-state index in [2.05, 4.69) is 60.3 Å². The summed E-state index contributed by atoms with van der Waals surface area (Å²) in [7, 11) is 0. The van der Waals surface area contributed by atoms with E-state index in [4.69, 9.17) is 11.6 Å². The lowest BCUT2D eigenvalue weighted by Gasteiger charge is -2.17. The Labute approximate surface area is 110 Å². The lowest BCUT2D eigenvalue weighted by atomic mass is 9.92. The Morgan fingerprint density at radius 3 is 2.33 bits per heavy atom. The zero-order valence-corrected chi connectivity index (χ0v) is 12.5. The van der Waals surface area contributed by atoms with Crippen molar-refractivity contribution >= 4 is 34.2 Å². The Morgan fingerprint density at radius 1 is 1.27 bits per heavy atom. The number of aryl methyl sites for hydroxylation is 1. The molecular weight excluding hydrogens is 322 g/mol. The van der Waals surface area contributed by atoms with E-state index in [1.165, 1.54) is 0 Å². The van der Waals surface area contributed by atoms with Crippen LogP contribution in [0.1, 0.15) is 39.2 Å². The zero-order chi connectivity index (χ0) is 11.6. The van der Waals surface area contributed by atoms with Gasteiger partial charge in [0.25, 0.3) is 0 Å². The molecule has 0 radical (unpaired) electrons. The van der Waals surface area contributed by atoms with Crippen LogP contribution in [0.25, 0.3) is 0 Å². The second-order valence-corrected chi connectivity index (χ2v) is 6.22. The summed E-state index contributed by atoms with van der Waals surface area (Å²) < 4.78 is 0.981. The molecule has 84 valence electrons. The molecule has 0 bridgehead atoms. The molecule has 0 atom stereocenters. The number of hydrogen-bond acceptors (Lipinski definition) is 2. The summed E-state index contributed by atoms with van der Waals surface area (Å²) in [6.45, 7) is 8.61. The largest absolute Gasteiger partial charge is 0.237 e. The van der Waals surface area contributed by atoms with Crippen molar-refractivity contribution in [2.45, 2.75) is 40.5 Å². The third-order valence-electron chi connectivity index (χ3n) is 1.95. The number of halogens is 2. The maximum Gasteiger partial charge on any atom is 0.146 e. The Bertz CT molecular complexity index is 358. The van der Waals surface area contributed by atoms with Gasteiger partial charge in [0.2, 0.25) is 0 Å². The highest BCUT2D eigenvalue weighted by Crippen LogP contribution is 2.23. The number of aromatic nitrogens is 2. The summed E-state index contributed by atoms with van der Waals surface area (Å²) in [6, 6.07) is 0. The van der Waals surface area contributed by atoms with Gasteiger partial charge in [0.05, 0.1) is 9.26 Å². The standard InChI is InChI=1S/C11H16ClIN2/c1-5-7-9(13)10(12)15-8(14-7)6-11(2,3)4/h5-6H2,1-4H3. The van der Waals surface area contributed by atoms with E-state index in [9.17, 15) is 0 Å². The summed E-state index contributed by atoms with van der Waals surface area (Å²) in [5.41, 5.74) is 1.25. The minimum atomic E-state index is 0.196. The predicted octanol–water partition coefficient (Wildman–Crippen LogP) is 3.89. The molecule has 0 aliphatic carbocycles. The highest BCUT2D eigenvalue weighted by atomic mass is 127. The number of rotatable bonds is 2. The SMILES string of the molecule is CCc1nc(CC(C)(C)C)nc(Cl)c1I. The van der Waals surface area contributed by atoms with Crippen molar-refractivity contribution in [3.8, 4) is 0 Å². The molecule has 0 aromatic carbocycles. The lowest BCUT2D eigenvalue weighted by molar-refractivity contribution is 0.400. The first-order chi connectivity index (χ1) is 6.83. The maximum atomic E-state index is 6.07. The Hall–Kier alpha value is 0.100. The summed E-state index contributed by atoms with van der Waals surface area (Å²) in [5.74, 6) is 0.852. The highest BCUT2D eigenvalue weighted by molar-refractivity contribution is 14.1. The molecule has 0 aliphatic rings. The van der Waals surface area contributed by atoms with Gasteiger partial charge in [-0.05, 0) is 34.4 Å². The third kappa shape index (κ3) is 3.87. The van der Waals surface area contributed by atoms with Crippen LogP contribution in [0.4, 0.5) is 0 Å². The molecule has 1 aromatic heterocycles. The fourth-order valence-corrected chi connectivity index (χ4v) is 2.13. The molecule has 1 heterocycles. The first kappa shape index (κ1) is 13.2. The molecule has 0 unspecified atom stereocenters. The van der Waals surface area contributed by atoms with E-state index in [1.54, 1.807) is 0 Å². The van der Waals surface area contributed by atoms with Crippen molar-refractivity contribution in [1.29, 1.82) is 0 Å². The molecule has 2 nitrogen and oxygen atoms in total. The third-order valence-corrected chi connectivity index (χ3v) is 3.67.